The van der Waals surface area contributed by atoms with Gasteiger partial charge >= 0.3 is 5.22 Å². The molecule has 0 saturated heterocycles. The van der Waals surface area contributed by atoms with E-state index in [0.29, 0.717) is 0 Å². The van der Waals surface area contributed by atoms with Gasteiger partial charge in [0.2, 0.25) is 21.6 Å². The normalized spacial score (nSPS) is 15.8. The zero-order chi connectivity index (χ0) is 18.9. The van der Waals surface area contributed by atoms with E-state index in [1.807, 2.05) is 13.8 Å². The lowest BCUT2D eigenvalue weighted by molar-refractivity contribution is -0.123. The van der Waals surface area contributed by atoms with Gasteiger partial charge in [-0.15, -0.1) is 5.10 Å². The number of carbonyl (C=O) groups excluding carboxylic acids is 1. The summed E-state index contributed by atoms with van der Waals surface area (Å²) in [5.74, 6) is -1.34. The number of nitrogens with one attached hydrogen (secondary N) is 1. The quantitative estimate of drug-likeness (QED) is 0.790. The second kappa shape index (κ2) is 7.14. The largest absolute Gasteiger partial charge is 0.410 e. The molecule has 1 aliphatic carbocycles. The number of carbonyl (C=O) groups is 1. The number of rotatable bonds is 7. The van der Waals surface area contributed by atoms with E-state index in [9.17, 15) is 17.6 Å². The van der Waals surface area contributed by atoms with Gasteiger partial charge in [0.1, 0.15) is 11.9 Å². The molecule has 1 amide bonds. The van der Waals surface area contributed by atoms with E-state index in [1.165, 1.54) is 18.2 Å². The highest BCUT2D eigenvalue weighted by molar-refractivity contribution is 7.90. The molecule has 1 aromatic carbocycles. The van der Waals surface area contributed by atoms with Crippen molar-refractivity contribution in [2.75, 3.05) is 0 Å². The van der Waals surface area contributed by atoms with Gasteiger partial charge in [0.15, 0.2) is 0 Å². The van der Waals surface area contributed by atoms with E-state index in [4.69, 9.17) is 4.42 Å². The van der Waals surface area contributed by atoms with Gasteiger partial charge in [-0.1, -0.05) is 37.1 Å². The van der Waals surface area contributed by atoms with E-state index in [0.717, 1.165) is 12.8 Å². The molecule has 26 heavy (non-hydrogen) atoms. The van der Waals surface area contributed by atoms with Crippen LogP contribution in [0.4, 0.5) is 4.39 Å². The van der Waals surface area contributed by atoms with Crippen molar-refractivity contribution < 1.29 is 22.0 Å². The molecule has 1 N–H and O–H groups in total. The van der Waals surface area contributed by atoms with Crippen LogP contribution in [0, 0.1) is 17.7 Å². The van der Waals surface area contributed by atoms with Crippen LogP contribution in [-0.4, -0.2) is 24.5 Å². The first kappa shape index (κ1) is 18.5. The van der Waals surface area contributed by atoms with Crippen molar-refractivity contribution in [3.8, 4) is 0 Å². The fourth-order valence-electron chi connectivity index (χ4n) is 2.48. The third-order valence-electron chi connectivity index (χ3n) is 4.17. The molecule has 0 unspecified atom stereocenters. The van der Waals surface area contributed by atoms with Crippen molar-refractivity contribution in [3.05, 3.63) is 41.5 Å². The Hall–Kier alpha value is -2.29. The van der Waals surface area contributed by atoms with Crippen LogP contribution in [0.2, 0.25) is 0 Å². The molecule has 0 bridgehead atoms. The van der Waals surface area contributed by atoms with Gasteiger partial charge < -0.3 is 9.73 Å². The van der Waals surface area contributed by atoms with Crippen molar-refractivity contribution in [3.63, 3.8) is 0 Å². The Morgan fingerprint density at radius 2 is 2.00 bits per heavy atom. The molecule has 0 spiro atoms. The zero-order valence-corrected chi connectivity index (χ0v) is 15.3. The van der Waals surface area contributed by atoms with Gasteiger partial charge in [-0.2, -0.15) is 0 Å². The monoisotopic (exact) mass is 381 g/mol. The minimum Gasteiger partial charge on any atom is -0.410 e. The van der Waals surface area contributed by atoms with Crippen molar-refractivity contribution in [1.82, 2.24) is 15.5 Å². The molecular weight excluding hydrogens is 361 g/mol. The van der Waals surface area contributed by atoms with Crippen LogP contribution in [0.1, 0.15) is 44.2 Å². The number of hydrogen-bond donors (Lipinski definition) is 1. The van der Waals surface area contributed by atoms with Crippen LogP contribution < -0.4 is 5.32 Å². The third kappa shape index (κ3) is 4.09. The minimum absolute atomic E-state index is 0.00318. The summed E-state index contributed by atoms with van der Waals surface area (Å²) < 4.78 is 44.0. The van der Waals surface area contributed by atoms with Crippen LogP contribution in [0.5, 0.6) is 0 Å². The average Bonchev–Trinajstić information content (AvgIpc) is 3.31. The van der Waals surface area contributed by atoms with Crippen molar-refractivity contribution in [2.24, 2.45) is 11.8 Å². The maximum absolute atomic E-state index is 13.7. The molecule has 2 aromatic rings. The molecule has 1 atom stereocenters. The standard InChI is InChI=1S/C17H20FN3O4S/c1-10(2)14(19-15(22)11-7-8-11)16-20-21-17(25-16)26(23,24)9-12-5-3-4-6-13(12)18/h3-6,10-11,14H,7-9H2,1-2H3,(H,19,22)/t14-/m0/s1. The highest BCUT2D eigenvalue weighted by Gasteiger charge is 2.34. The van der Waals surface area contributed by atoms with Crippen LogP contribution >= 0.6 is 0 Å². The molecule has 1 aliphatic rings. The Labute approximate surface area is 150 Å². The molecule has 9 heteroatoms. The lowest BCUT2D eigenvalue weighted by Crippen LogP contribution is -2.33. The first-order valence-electron chi connectivity index (χ1n) is 8.38. The number of hydrogen-bond acceptors (Lipinski definition) is 6. The fraction of sp³-hybridized carbons (Fsp3) is 0.471. The molecule has 1 heterocycles. The Balaban J connectivity index is 1.80. The van der Waals surface area contributed by atoms with E-state index in [1.54, 1.807) is 6.07 Å². The summed E-state index contributed by atoms with van der Waals surface area (Å²) in [5, 5.41) is 9.65. The van der Waals surface area contributed by atoms with Gasteiger partial charge in [-0.25, -0.2) is 12.8 Å². The van der Waals surface area contributed by atoms with Gasteiger partial charge in [0.05, 0.1) is 5.75 Å². The Bertz CT molecular complexity index is 906. The second-order valence-electron chi connectivity index (χ2n) is 6.76. The molecule has 1 saturated carbocycles. The topological polar surface area (TPSA) is 102 Å². The summed E-state index contributed by atoms with van der Waals surface area (Å²) in [5.41, 5.74) is 0.0229. The van der Waals surface area contributed by atoms with E-state index in [2.05, 4.69) is 15.5 Å². The fourth-order valence-corrected chi connectivity index (χ4v) is 3.63. The maximum Gasteiger partial charge on any atom is 0.335 e. The molecular formula is C17H20FN3O4S. The second-order valence-corrected chi connectivity index (χ2v) is 8.63. The van der Waals surface area contributed by atoms with Crippen LogP contribution in [0.3, 0.4) is 0 Å². The number of nitrogens with zero attached hydrogens (tertiary/aromatic N) is 2. The summed E-state index contributed by atoms with van der Waals surface area (Å²) >= 11 is 0. The lowest BCUT2D eigenvalue weighted by atomic mass is 10.0. The average molecular weight is 381 g/mol. The summed E-state index contributed by atoms with van der Waals surface area (Å²) in [6.45, 7) is 3.71. The Morgan fingerprint density at radius 1 is 1.31 bits per heavy atom. The van der Waals surface area contributed by atoms with Crippen LogP contribution in [-0.2, 0) is 20.4 Å². The number of aromatic nitrogens is 2. The van der Waals surface area contributed by atoms with Gasteiger partial charge in [0, 0.05) is 11.5 Å². The summed E-state index contributed by atoms with van der Waals surface area (Å²) in [4.78, 5) is 12.0. The van der Waals surface area contributed by atoms with E-state index < -0.39 is 32.7 Å². The highest BCUT2D eigenvalue weighted by Crippen LogP contribution is 2.31. The highest BCUT2D eigenvalue weighted by atomic mass is 32.2. The Kier molecular flexibility index (Phi) is 5.08. The summed E-state index contributed by atoms with van der Waals surface area (Å²) in [6.07, 6.45) is 1.70. The van der Waals surface area contributed by atoms with Crippen molar-refractivity contribution in [2.45, 2.75) is 43.7 Å². The number of benzene rings is 1. The summed E-state index contributed by atoms with van der Waals surface area (Å²) in [6, 6.07) is 5.03. The third-order valence-corrected chi connectivity index (χ3v) is 5.56. The number of halogens is 1. The first-order chi connectivity index (χ1) is 12.3. The van der Waals surface area contributed by atoms with Crippen molar-refractivity contribution >= 4 is 15.7 Å². The summed E-state index contributed by atoms with van der Waals surface area (Å²) in [7, 11) is -4.00. The molecule has 7 nitrogen and oxygen atoms in total. The Morgan fingerprint density at radius 3 is 2.62 bits per heavy atom. The van der Waals surface area contributed by atoms with Gasteiger partial charge in [-0.3, -0.25) is 4.79 Å². The zero-order valence-electron chi connectivity index (χ0n) is 14.5. The van der Waals surface area contributed by atoms with Crippen molar-refractivity contribution in [1.29, 1.82) is 0 Å². The maximum atomic E-state index is 13.7. The molecule has 1 aromatic heterocycles. The smallest absolute Gasteiger partial charge is 0.335 e. The van der Waals surface area contributed by atoms with Gasteiger partial charge in [0.25, 0.3) is 0 Å². The molecule has 1 fully saturated rings. The molecule has 140 valence electrons. The van der Waals surface area contributed by atoms with Crippen LogP contribution in [0.15, 0.2) is 33.9 Å². The predicted molar refractivity (Wildman–Crippen MR) is 90.0 cm³/mol. The van der Waals surface area contributed by atoms with Crippen LogP contribution in [0.25, 0.3) is 0 Å². The molecule has 0 radical (unpaired) electrons. The SMILES string of the molecule is CC(C)[C@H](NC(=O)C1CC1)c1nnc(S(=O)(=O)Cc2ccccc2F)o1. The predicted octanol–water partition coefficient (Wildman–Crippen LogP) is 2.41. The first-order valence-corrected chi connectivity index (χ1v) is 10.0. The molecule has 3 rings (SSSR count). The van der Waals surface area contributed by atoms with E-state index in [-0.39, 0.29) is 29.2 Å². The lowest BCUT2D eigenvalue weighted by Gasteiger charge is -2.18. The van der Waals surface area contributed by atoms with Gasteiger partial charge in [-0.05, 0) is 24.8 Å². The minimum atomic E-state index is -4.00. The molecule has 0 aliphatic heterocycles. The number of amides is 1. The number of sulfone groups is 1. The van der Waals surface area contributed by atoms with E-state index >= 15 is 0 Å².